The van der Waals surface area contributed by atoms with Crippen molar-refractivity contribution in [2.24, 2.45) is 4.99 Å². The van der Waals surface area contributed by atoms with Crippen LogP contribution in [0.15, 0.2) is 41.8 Å². The summed E-state index contributed by atoms with van der Waals surface area (Å²) in [5, 5.41) is 10.7. The van der Waals surface area contributed by atoms with Crippen molar-refractivity contribution in [3.63, 3.8) is 0 Å². The average Bonchev–Trinajstić information content (AvgIpc) is 3.01. The van der Waals surface area contributed by atoms with E-state index in [4.69, 9.17) is 0 Å². The van der Waals surface area contributed by atoms with Gasteiger partial charge in [-0.1, -0.05) is 0 Å². The molecule has 0 fully saturated rings. The quantitative estimate of drug-likeness (QED) is 0.784. The molecule has 7 heteroatoms. The lowest BCUT2D eigenvalue weighted by molar-refractivity contribution is 0.701. The Morgan fingerprint density at radius 1 is 1.35 bits per heavy atom. The van der Waals surface area contributed by atoms with Crippen molar-refractivity contribution in [3.8, 4) is 5.82 Å². The first-order valence-electron chi connectivity index (χ1n) is 6.39. The molecule has 6 nitrogen and oxygen atoms in total. The Labute approximate surface area is 134 Å². The van der Waals surface area contributed by atoms with Gasteiger partial charge in [0.05, 0.1) is 0 Å². The Balaban J connectivity index is 0.00000147. The number of nitrogens with one attached hydrogen (secondary N) is 2. The average molecular weight is 384 g/mol. The molecule has 106 valence electrons. The van der Waals surface area contributed by atoms with Crippen LogP contribution in [0.5, 0.6) is 0 Å². The molecule has 0 bridgehead atoms. The lowest BCUT2D eigenvalue weighted by Crippen LogP contribution is -2.40. The zero-order chi connectivity index (χ0) is 12.9. The maximum Gasteiger partial charge on any atom is 0.191 e. The van der Waals surface area contributed by atoms with Gasteiger partial charge in [-0.25, -0.2) is 9.67 Å². The highest BCUT2D eigenvalue weighted by Gasteiger charge is 2.04. The molecule has 1 aliphatic rings. The van der Waals surface area contributed by atoms with Gasteiger partial charge in [-0.3, -0.25) is 4.99 Å². The van der Waals surface area contributed by atoms with Gasteiger partial charge in [0, 0.05) is 38.2 Å². The molecule has 3 heterocycles. The van der Waals surface area contributed by atoms with Crippen LogP contribution in [0.3, 0.4) is 0 Å². The number of hydrogen-bond donors (Lipinski definition) is 2. The van der Waals surface area contributed by atoms with E-state index >= 15 is 0 Å². The van der Waals surface area contributed by atoms with E-state index in [-0.39, 0.29) is 24.0 Å². The SMILES string of the molecule is I.c1cnn(-c2cc(CNC3=NCCCN3)ccn2)c1. The van der Waals surface area contributed by atoms with Gasteiger partial charge in [0.1, 0.15) is 0 Å². The topological polar surface area (TPSA) is 67.1 Å². The van der Waals surface area contributed by atoms with Crippen LogP contribution >= 0.6 is 24.0 Å². The normalized spacial score (nSPS) is 13.9. The summed E-state index contributed by atoms with van der Waals surface area (Å²) in [7, 11) is 0. The summed E-state index contributed by atoms with van der Waals surface area (Å²) in [4.78, 5) is 8.68. The highest BCUT2D eigenvalue weighted by atomic mass is 127. The number of rotatable bonds is 3. The molecule has 0 saturated heterocycles. The van der Waals surface area contributed by atoms with E-state index in [9.17, 15) is 0 Å². The minimum Gasteiger partial charge on any atom is -0.356 e. The predicted molar refractivity (Wildman–Crippen MR) is 88.5 cm³/mol. The van der Waals surface area contributed by atoms with Crippen molar-refractivity contribution in [2.45, 2.75) is 13.0 Å². The molecule has 0 amide bonds. The van der Waals surface area contributed by atoms with Crippen LogP contribution < -0.4 is 10.6 Å². The van der Waals surface area contributed by atoms with Crippen molar-refractivity contribution in [3.05, 3.63) is 42.4 Å². The number of aromatic nitrogens is 3. The van der Waals surface area contributed by atoms with E-state index < -0.39 is 0 Å². The first-order valence-corrected chi connectivity index (χ1v) is 6.39. The molecule has 2 N–H and O–H groups in total. The first kappa shape index (κ1) is 14.8. The molecule has 20 heavy (non-hydrogen) atoms. The van der Waals surface area contributed by atoms with E-state index in [1.54, 1.807) is 17.1 Å². The van der Waals surface area contributed by atoms with Crippen molar-refractivity contribution < 1.29 is 0 Å². The summed E-state index contributed by atoms with van der Waals surface area (Å²) in [6.45, 7) is 2.60. The molecule has 3 rings (SSSR count). The fraction of sp³-hybridized carbons (Fsp3) is 0.308. The number of halogens is 1. The molecule has 1 aliphatic heterocycles. The molecule has 2 aromatic heterocycles. The minimum atomic E-state index is 0. The lowest BCUT2D eigenvalue weighted by atomic mass is 10.2. The van der Waals surface area contributed by atoms with Gasteiger partial charge in [0.15, 0.2) is 11.8 Å². The van der Waals surface area contributed by atoms with Crippen LogP contribution in [0.1, 0.15) is 12.0 Å². The molecule has 0 saturated carbocycles. The van der Waals surface area contributed by atoms with E-state index in [0.29, 0.717) is 0 Å². The fourth-order valence-corrected chi connectivity index (χ4v) is 1.94. The summed E-state index contributed by atoms with van der Waals surface area (Å²) in [6, 6.07) is 5.89. The van der Waals surface area contributed by atoms with Crippen molar-refractivity contribution >= 4 is 29.9 Å². The first-order chi connectivity index (χ1) is 9.42. The molecule has 0 aliphatic carbocycles. The highest BCUT2D eigenvalue weighted by molar-refractivity contribution is 14.0. The van der Waals surface area contributed by atoms with Crippen molar-refractivity contribution in [1.82, 2.24) is 25.4 Å². The number of guanidine groups is 1. The predicted octanol–water partition coefficient (Wildman–Crippen LogP) is 1.32. The van der Waals surface area contributed by atoms with Gasteiger partial charge in [-0.05, 0) is 30.2 Å². The van der Waals surface area contributed by atoms with E-state index in [0.717, 1.165) is 43.4 Å². The van der Waals surface area contributed by atoms with E-state index in [1.165, 1.54) is 0 Å². The summed E-state index contributed by atoms with van der Waals surface area (Å²) >= 11 is 0. The van der Waals surface area contributed by atoms with Crippen molar-refractivity contribution in [2.75, 3.05) is 13.1 Å². The summed E-state index contributed by atoms with van der Waals surface area (Å²) in [5.41, 5.74) is 1.15. The zero-order valence-corrected chi connectivity index (χ0v) is 13.3. The van der Waals surface area contributed by atoms with E-state index in [1.807, 2.05) is 24.4 Å². The Morgan fingerprint density at radius 3 is 3.05 bits per heavy atom. The molecular weight excluding hydrogens is 367 g/mol. The number of aliphatic imine (C=N–C) groups is 1. The van der Waals surface area contributed by atoms with Gasteiger partial charge in [0.25, 0.3) is 0 Å². The number of nitrogens with zero attached hydrogens (tertiary/aromatic N) is 4. The van der Waals surface area contributed by atoms with E-state index in [2.05, 4.69) is 25.7 Å². The third-order valence-corrected chi connectivity index (χ3v) is 2.91. The molecule has 0 unspecified atom stereocenters. The number of hydrogen-bond acceptors (Lipinski definition) is 5. The second-order valence-corrected chi connectivity index (χ2v) is 4.34. The highest BCUT2D eigenvalue weighted by Crippen LogP contribution is 2.06. The van der Waals surface area contributed by atoms with Gasteiger partial charge >= 0.3 is 0 Å². The second-order valence-electron chi connectivity index (χ2n) is 4.34. The van der Waals surface area contributed by atoms with Crippen LogP contribution in [0.2, 0.25) is 0 Å². The Morgan fingerprint density at radius 2 is 2.30 bits per heavy atom. The molecule has 0 spiro atoms. The van der Waals surface area contributed by atoms with Crippen LogP contribution in [-0.2, 0) is 6.54 Å². The van der Waals surface area contributed by atoms with Crippen LogP contribution in [0.4, 0.5) is 0 Å². The maximum atomic E-state index is 4.38. The maximum absolute atomic E-state index is 4.38. The Hall–Kier alpha value is -1.64. The monoisotopic (exact) mass is 384 g/mol. The standard InChI is InChI=1S/C13H16N6.HI/c1-4-15-13(16-5-1)17-10-11-3-7-14-12(9-11)19-8-2-6-18-19;/h2-3,6-9H,1,4-5,10H2,(H2,15,16,17);1H. The summed E-state index contributed by atoms with van der Waals surface area (Å²) in [6.07, 6.45) is 6.52. The third-order valence-electron chi connectivity index (χ3n) is 2.91. The largest absolute Gasteiger partial charge is 0.356 e. The fourth-order valence-electron chi connectivity index (χ4n) is 1.94. The zero-order valence-electron chi connectivity index (χ0n) is 11.0. The molecule has 0 aromatic carbocycles. The number of pyridine rings is 1. The van der Waals surface area contributed by atoms with Gasteiger partial charge < -0.3 is 10.6 Å². The van der Waals surface area contributed by atoms with Gasteiger partial charge in [-0.15, -0.1) is 24.0 Å². The summed E-state index contributed by atoms with van der Waals surface area (Å²) in [5.74, 6) is 1.70. The summed E-state index contributed by atoms with van der Waals surface area (Å²) < 4.78 is 1.75. The third kappa shape index (κ3) is 3.69. The van der Waals surface area contributed by atoms with Crippen LogP contribution in [-0.4, -0.2) is 33.8 Å². The van der Waals surface area contributed by atoms with Crippen LogP contribution in [0, 0.1) is 0 Å². The smallest absolute Gasteiger partial charge is 0.191 e. The van der Waals surface area contributed by atoms with Gasteiger partial charge in [0.2, 0.25) is 0 Å². The molecule has 0 atom stereocenters. The molecule has 2 aromatic rings. The Kier molecular flexibility index (Phi) is 5.33. The minimum absolute atomic E-state index is 0. The molecule has 0 radical (unpaired) electrons. The van der Waals surface area contributed by atoms with Crippen LogP contribution in [0.25, 0.3) is 5.82 Å². The lowest BCUT2D eigenvalue weighted by Gasteiger charge is -2.16. The Bertz CT molecular complexity index is 566. The second kappa shape index (κ2) is 7.22. The van der Waals surface area contributed by atoms with Gasteiger partial charge in [-0.2, -0.15) is 5.10 Å². The van der Waals surface area contributed by atoms with Crippen molar-refractivity contribution in [1.29, 1.82) is 0 Å². The molecular formula is C13H17IN6.